The van der Waals surface area contributed by atoms with Gasteiger partial charge in [-0.05, 0) is 70.0 Å². The van der Waals surface area contributed by atoms with Crippen molar-refractivity contribution in [3.8, 4) is 11.3 Å². The molecule has 33 heavy (non-hydrogen) atoms. The molecule has 4 rings (SSSR count). The molecule has 1 unspecified atom stereocenters. The molecule has 1 atom stereocenters. The maximum Gasteiger partial charge on any atom is 0.339 e. The number of Topliss-reactive ketones (excluding diaryl/α,β-unsaturated/α-hetero) is 1. The Morgan fingerprint density at radius 3 is 2.18 bits per heavy atom. The summed E-state index contributed by atoms with van der Waals surface area (Å²) in [7, 11) is 0. The van der Waals surface area contributed by atoms with Crippen LogP contribution in [-0.2, 0) is 4.74 Å². The van der Waals surface area contributed by atoms with Gasteiger partial charge in [0.05, 0.1) is 16.8 Å². The SMILES string of the molecule is Cc1ccc(C(=O)C(C)OC(=O)c2cc(-c3ccc(C)c(C)c3)nc3ccc(C)cc23)cc1. The molecule has 1 aromatic heterocycles. The van der Waals surface area contributed by atoms with Crippen LogP contribution in [0.2, 0.25) is 0 Å². The number of esters is 1. The zero-order chi connectivity index (χ0) is 23.7. The van der Waals surface area contributed by atoms with E-state index in [4.69, 9.17) is 9.72 Å². The molecular weight excluding hydrogens is 410 g/mol. The number of hydrogen-bond donors (Lipinski definition) is 0. The lowest BCUT2D eigenvalue weighted by Crippen LogP contribution is -2.24. The van der Waals surface area contributed by atoms with Gasteiger partial charge in [-0.25, -0.2) is 9.78 Å². The number of ether oxygens (including phenoxy) is 1. The zero-order valence-electron chi connectivity index (χ0n) is 19.6. The average molecular weight is 438 g/mol. The van der Waals surface area contributed by atoms with E-state index in [0.717, 1.165) is 22.3 Å². The van der Waals surface area contributed by atoms with Crippen molar-refractivity contribution in [2.45, 2.75) is 40.7 Å². The Bertz CT molecular complexity index is 1370. The van der Waals surface area contributed by atoms with Crippen molar-refractivity contribution >= 4 is 22.7 Å². The number of aryl methyl sites for hydroxylation is 4. The minimum Gasteiger partial charge on any atom is -0.451 e. The first-order chi connectivity index (χ1) is 15.7. The molecule has 0 N–H and O–H groups in total. The summed E-state index contributed by atoms with van der Waals surface area (Å²) in [5.41, 5.74) is 7.68. The number of pyridine rings is 1. The number of fused-ring (bicyclic) bond motifs is 1. The Hall–Kier alpha value is -3.79. The predicted molar refractivity (Wildman–Crippen MR) is 132 cm³/mol. The fraction of sp³-hybridized carbons (Fsp3) is 0.207. The van der Waals surface area contributed by atoms with Crippen LogP contribution >= 0.6 is 0 Å². The lowest BCUT2D eigenvalue weighted by molar-refractivity contribution is 0.0320. The highest BCUT2D eigenvalue weighted by atomic mass is 16.5. The normalized spacial score (nSPS) is 11.9. The number of aromatic nitrogens is 1. The number of ketones is 1. The molecule has 0 bridgehead atoms. The lowest BCUT2D eigenvalue weighted by Gasteiger charge is -2.15. The molecule has 0 spiro atoms. The van der Waals surface area contributed by atoms with E-state index in [9.17, 15) is 9.59 Å². The highest BCUT2D eigenvalue weighted by Crippen LogP contribution is 2.28. The van der Waals surface area contributed by atoms with Gasteiger partial charge in [-0.3, -0.25) is 4.79 Å². The summed E-state index contributed by atoms with van der Waals surface area (Å²) in [4.78, 5) is 30.9. The molecule has 1 heterocycles. The van der Waals surface area contributed by atoms with Gasteiger partial charge in [-0.1, -0.05) is 53.6 Å². The van der Waals surface area contributed by atoms with Gasteiger partial charge in [-0.2, -0.15) is 0 Å². The molecule has 4 aromatic rings. The lowest BCUT2D eigenvalue weighted by atomic mass is 10.00. The number of nitrogens with zero attached hydrogens (tertiary/aromatic N) is 1. The first kappa shape index (κ1) is 22.4. The predicted octanol–water partition coefficient (Wildman–Crippen LogP) is 6.56. The highest BCUT2D eigenvalue weighted by Gasteiger charge is 2.23. The van der Waals surface area contributed by atoms with Gasteiger partial charge in [0.1, 0.15) is 0 Å². The first-order valence-electron chi connectivity index (χ1n) is 11.0. The van der Waals surface area contributed by atoms with Crippen molar-refractivity contribution in [2.24, 2.45) is 0 Å². The third kappa shape index (κ3) is 4.70. The quantitative estimate of drug-likeness (QED) is 0.262. The third-order valence-electron chi connectivity index (χ3n) is 5.98. The Labute approximate surface area is 194 Å². The van der Waals surface area contributed by atoms with E-state index in [1.807, 2.05) is 56.3 Å². The fourth-order valence-electron chi connectivity index (χ4n) is 3.79. The molecule has 166 valence electrons. The minimum atomic E-state index is -0.904. The third-order valence-corrected chi connectivity index (χ3v) is 5.98. The van der Waals surface area contributed by atoms with Gasteiger partial charge < -0.3 is 4.74 Å². The van der Waals surface area contributed by atoms with Gasteiger partial charge in [-0.15, -0.1) is 0 Å². The van der Waals surface area contributed by atoms with Crippen LogP contribution in [0.5, 0.6) is 0 Å². The smallest absolute Gasteiger partial charge is 0.339 e. The fourth-order valence-corrected chi connectivity index (χ4v) is 3.79. The second kappa shape index (κ2) is 8.99. The van der Waals surface area contributed by atoms with Crippen LogP contribution in [0.4, 0.5) is 0 Å². The zero-order valence-corrected chi connectivity index (χ0v) is 19.6. The number of rotatable bonds is 5. The minimum absolute atomic E-state index is 0.229. The van der Waals surface area contributed by atoms with Crippen molar-refractivity contribution in [1.82, 2.24) is 4.98 Å². The highest BCUT2D eigenvalue weighted by molar-refractivity contribution is 6.07. The largest absolute Gasteiger partial charge is 0.451 e. The van der Waals surface area contributed by atoms with Crippen LogP contribution in [0, 0.1) is 27.7 Å². The van der Waals surface area contributed by atoms with Crippen LogP contribution < -0.4 is 0 Å². The van der Waals surface area contributed by atoms with E-state index < -0.39 is 12.1 Å². The number of carbonyl (C=O) groups is 2. The van der Waals surface area contributed by atoms with E-state index in [-0.39, 0.29) is 5.78 Å². The van der Waals surface area contributed by atoms with Crippen LogP contribution in [0.3, 0.4) is 0 Å². The van der Waals surface area contributed by atoms with Gasteiger partial charge in [0.15, 0.2) is 6.10 Å². The van der Waals surface area contributed by atoms with Gasteiger partial charge in [0.25, 0.3) is 0 Å². The summed E-state index contributed by atoms with van der Waals surface area (Å²) in [5, 5.41) is 0.711. The molecule has 0 aliphatic heterocycles. The summed E-state index contributed by atoms with van der Waals surface area (Å²) >= 11 is 0. The Balaban J connectivity index is 1.72. The van der Waals surface area contributed by atoms with Gasteiger partial charge in [0.2, 0.25) is 5.78 Å². The number of benzene rings is 3. The monoisotopic (exact) mass is 437 g/mol. The van der Waals surface area contributed by atoms with E-state index >= 15 is 0 Å². The van der Waals surface area contributed by atoms with E-state index in [2.05, 4.69) is 19.9 Å². The van der Waals surface area contributed by atoms with Crippen molar-refractivity contribution in [1.29, 1.82) is 0 Å². The molecule has 0 amide bonds. The summed E-state index contributed by atoms with van der Waals surface area (Å²) in [5.74, 6) is -0.765. The van der Waals surface area contributed by atoms with E-state index in [1.54, 1.807) is 25.1 Å². The maximum absolute atomic E-state index is 13.3. The summed E-state index contributed by atoms with van der Waals surface area (Å²) in [6, 6.07) is 20.9. The average Bonchev–Trinajstić information content (AvgIpc) is 2.80. The van der Waals surface area contributed by atoms with Crippen LogP contribution in [-0.4, -0.2) is 22.8 Å². The van der Waals surface area contributed by atoms with Gasteiger partial charge in [0, 0.05) is 16.5 Å². The molecule has 0 saturated carbocycles. The van der Waals surface area contributed by atoms with Crippen LogP contribution in [0.15, 0.2) is 66.7 Å². The molecule has 0 fully saturated rings. The summed E-state index contributed by atoms with van der Waals surface area (Å²) in [6.07, 6.45) is -0.904. The molecule has 0 saturated heterocycles. The maximum atomic E-state index is 13.3. The van der Waals surface area contributed by atoms with Crippen molar-refractivity contribution in [3.63, 3.8) is 0 Å². The summed E-state index contributed by atoms with van der Waals surface area (Å²) < 4.78 is 5.65. The van der Waals surface area contributed by atoms with Crippen molar-refractivity contribution in [2.75, 3.05) is 0 Å². The molecule has 0 aliphatic rings. The molecule has 0 aliphatic carbocycles. The molecule has 4 nitrogen and oxygen atoms in total. The Morgan fingerprint density at radius 2 is 1.48 bits per heavy atom. The van der Waals surface area contributed by atoms with E-state index in [1.165, 1.54) is 5.56 Å². The second-order valence-electron chi connectivity index (χ2n) is 8.65. The topological polar surface area (TPSA) is 56.3 Å². The van der Waals surface area contributed by atoms with Crippen molar-refractivity contribution < 1.29 is 14.3 Å². The standard InChI is InChI=1S/C29H27NO3/c1-17-6-10-22(11-7-17)28(31)21(5)33-29(32)25-16-27(23-12-9-19(3)20(4)15-23)30-26-13-8-18(2)14-24(25)26/h6-16,21H,1-5H3. The molecule has 4 heteroatoms. The molecular formula is C29H27NO3. The summed E-state index contributed by atoms with van der Waals surface area (Å²) in [6.45, 7) is 9.65. The van der Waals surface area contributed by atoms with Crippen LogP contribution in [0.25, 0.3) is 22.2 Å². The Morgan fingerprint density at radius 1 is 0.788 bits per heavy atom. The Kier molecular flexibility index (Phi) is 6.10. The first-order valence-corrected chi connectivity index (χ1v) is 11.0. The van der Waals surface area contributed by atoms with E-state index in [0.29, 0.717) is 27.7 Å². The van der Waals surface area contributed by atoms with Gasteiger partial charge >= 0.3 is 5.97 Å². The van der Waals surface area contributed by atoms with Crippen molar-refractivity contribution in [3.05, 3.63) is 100 Å². The number of carbonyl (C=O) groups excluding carboxylic acids is 2. The molecule has 3 aromatic carbocycles. The number of hydrogen-bond acceptors (Lipinski definition) is 4. The van der Waals surface area contributed by atoms with Crippen LogP contribution in [0.1, 0.15) is 49.9 Å². The second-order valence-corrected chi connectivity index (χ2v) is 8.65. The molecule has 0 radical (unpaired) electrons.